The number of aromatic nitrogens is 1. The average Bonchev–Trinajstić information content (AvgIpc) is 3.26. The summed E-state index contributed by atoms with van der Waals surface area (Å²) < 4.78 is 0. The van der Waals surface area contributed by atoms with Crippen molar-refractivity contribution in [3.8, 4) is 0 Å². The van der Waals surface area contributed by atoms with Crippen molar-refractivity contribution in [2.45, 2.75) is 44.8 Å². The van der Waals surface area contributed by atoms with Crippen LogP contribution in [0.15, 0.2) is 35.0 Å². The standard InChI is InChI=1S/C19H21N3O2S/c1-13-3-2-4-15(20-13)11-22-17-7-9-21(16(17)5-6-18(22)23)19(24)14-8-10-25-12-14/h2-4,8,10,12,16-17H,5-7,9,11H2,1H3/t16-,17-/m1/s1. The predicted molar refractivity (Wildman–Crippen MR) is 96.3 cm³/mol. The quantitative estimate of drug-likeness (QED) is 0.851. The van der Waals surface area contributed by atoms with E-state index in [0.29, 0.717) is 13.0 Å². The fourth-order valence-electron chi connectivity index (χ4n) is 4.02. The van der Waals surface area contributed by atoms with Crippen LogP contribution < -0.4 is 0 Å². The second kappa shape index (κ2) is 6.59. The first-order valence-electron chi connectivity index (χ1n) is 8.68. The molecule has 2 amide bonds. The largest absolute Gasteiger partial charge is 0.333 e. The summed E-state index contributed by atoms with van der Waals surface area (Å²) in [6, 6.07) is 8.00. The molecule has 130 valence electrons. The van der Waals surface area contributed by atoms with Gasteiger partial charge < -0.3 is 9.80 Å². The number of amides is 2. The summed E-state index contributed by atoms with van der Waals surface area (Å²) in [4.78, 5) is 33.7. The summed E-state index contributed by atoms with van der Waals surface area (Å²) in [5, 5.41) is 3.83. The van der Waals surface area contributed by atoms with Gasteiger partial charge in [-0.05, 0) is 43.3 Å². The van der Waals surface area contributed by atoms with Crippen LogP contribution in [-0.2, 0) is 11.3 Å². The molecule has 4 heterocycles. The van der Waals surface area contributed by atoms with Crippen LogP contribution in [0.4, 0.5) is 0 Å². The highest BCUT2D eigenvalue weighted by Gasteiger charge is 2.45. The number of piperidine rings is 1. The zero-order valence-electron chi connectivity index (χ0n) is 14.2. The number of hydrogen-bond acceptors (Lipinski definition) is 4. The highest BCUT2D eigenvalue weighted by Crippen LogP contribution is 2.33. The molecule has 4 rings (SSSR count). The molecule has 5 nitrogen and oxygen atoms in total. The van der Waals surface area contributed by atoms with E-state index in [-0.39, 0.29) is 23.9 Å². The predicted octanol–water partition coefficient (Wildman–Crippen LogP) is 2.86. The zero-order valence-corrected chi connectivity index (χ0v) is 15.0. The molecule has 0 aromatic carbocycles. The number of carbonyl (C=O) groups excluding carboxylic acids is 2. The Balaban J connectivity index is 1.54. The van der Waals surface area contributed by atoms with Crippen LogP contribution in [0.1, 0.15) is 41.0 Å². The maximum absolute atomic E-state index is 12.8. The van der Waals surface area contributed by atoms with Crippen LogP contribution in [0, 0.1) is 6.92 Å². The molecule has 0 spiro atoms. The smallest absolute Gasteiger partial charge is 0.255 e. The Morgan fingerprint density at radius 3 is 2.92 bits per heavy atom. The third-order valence-electron chi connectivity index (χ3n) is 5.19. The lowest BCUT2D eigenvalue weighted by atomic mass is 9.95. The van der Waals surface area contributed by atoms with E-state index in [2.05, 4.69) is 4.98 Å². The Hall–Kier alpha value is -2.21. The Morgan fingerprint density at radius 2 is 2.16 bits per heavy atom. The number of hydrogen-bond donors (Lipinski definition) is 0. The number of pyridine rings is 1. The minimum absolute atomic E-state index is 0.0942. The van der Waals surface area contributed by atoms with Crippen molar-refractivity contribution in [2.75, 3.05) is 6.54 Å². The Morgan fingerprint density at radius 1 is 1.28 bits per heavy atom. The Labute approximate surface area is 151 Å². The summed E-state index contributed by atoms with van der Waals surface area (Å²) in [6.07, 6.45) is 2.11. The van der Waals surface area contributed by atoms with Gasteiger partial charge in [-0.15, -0.1) is 0 Å². The summed E-state index contributed by atoms with van der Waals surface area (Å²) in [6.45, 7) is 3.21. The van der Waals surface area contributed by atoms with Gasteiger partial charge in [0.25, 0.3) is 5.91 Å². The summed E-state index contributed by atoms with van der Waals surface area (Å²) in [5.74, 6) is 0.270. The topological polar surface area (TPSA) is 53.5 Å². The molecule has 0 N–H and O–H groups in total. The van der Waals surface area contributed by atoms with Gasteiger partial charge >= 0.3 is 0 Å². The molecule has 2 fully saturated rings. The van der Waals surface area contributed by atoms with Crippen LogP contribution in [0.2, 0.25) is 0 Å². The second-order valence-electron chi connectivity index (χ2n) is 6.76. The zero-order chi connectivity index (χ0) is 17.4. The Kier molecular flexibility index (Phi) is 4.29. The van der Waals surface area contributed by atoms with Crippen molar-refractivity contribution in [1.29, 1.82) is 0 Å². The van der Waals surface area contributed by atoms with Gasteiger partial charge in [0.2, 0.25) is 5.91 Å². The third-order valence-corrected chi connectivity index (χ3v) is 5.88. The molecule has 0 bridgehead atoms. The van der Waals surface area contributed by atoms with Crippen molar-refractivity contribution < 1.29 is 9.59 Å². The van der Waals surface area contributed by atoms with Gasteiger partial charge in [-0.1, -0.05) is 6.07 Å². The van der Waals surface area contributed by atoms with E-state index in [1.807, 2.05) is 51.7 Å². The maximum Gasteiger partial charge on any atom is 0.255 e. The fraction of sp³-hybridized carbons (Fsp3) is 0.421. The molecular formula is C19H21N3O2S. The van der Waals surface area contributed by atoms with Crippen LogP contribution in [0.25, 0.3) is 0 Å². The molecule has 6 heteroatoms. The number of fused-ring (bicyclic) bond motifs is 1. The van der Waals surface area contributed by atoms with E-state index in [4.69, 9.17) is 0 Å². The van der Waals surface area contributed by atoms with Crippen molar-refractivity contribution in [1.82, 2.24) is 14.8 Å². The molecule has 2 aromatic heterocycles. The van der Waals surface area contributed by atoms with E-state index < -0.39 is 0 Å². The van der Waals surface area contributed by atoms with E-state index in [1.165, 1.54) is 11.3 Å². The molecule has 0 unspecified atom stereocenters. The SMILES string of the molecule is Cc1cccc(CN2C(=O)CC[C@@H]3[C@H]2CCN3C(=O)c2ccsc2)n1. The van der Waals surface area contributed by atoms with Gasteiger partial charge in [-0.25, -0.2) is 0 Å². The molecule has 0 radical (unpaired) electrons. The molecule has 0 saturated carbocycles. The number of thiophene rings is 1. The molecule has 2 aromatic rings. The van der Waals surface area contributed by atoms with E-state index in [0.717, 1.165) is 36.3 Å². The van der Waals surface area contributed by atoms with Gasteiger partial charge in [0.15, 0.2) is 0 Å². The van der Waals surface area contributed by atoms with E-state index in [1.54, 1.807) is 0 Å². The number of aryl methyl sites for hydroxylation is 1. The monoisotopic (exact) mass is 355 g/mol. The van der Waals surface area contributed by atoms with Crippen molar-refractivity contribution in [3.63, 3.8) is 0 Å². The molecule has 0 aliphatic carbocycles. The normalized spacial score (nSPS) is 23.0. The molecule has 2 aliphatic heterocycles. The fourth-order valence-corrected chi connectivity index (χ4v) is 4.65. The summed E-state index contributed by atoms with van der Waals surface area (Å²) in [7, 11) is 0. The second-order valence-corrected chi connectivity index (χ2v) is 7.54. The van der Waals surface area contributed by atoms with E-state index in [9.17, 15) is 9.59 Å². The van der Waals surface area contributed by atoms with Crippen LogP contribution in [0.5, 0.6) is 0 Å². The number of likely N-dealkylation sites (tertiary alicyclic amines) is 2. The lowest BCUT2D eigenvalue weighted by molar-refractivity contribution is -0.138. The molecular weight excluding hydrogens is 334 g/mol. The number of carbonyl (C=O) groups is 2. The molecule has 2 atom stereocenters. The molecule has 2 aliphatic rings. The number of nitrogens with zero attached hydrogens (tertiary/aromatic N) is 3. The van der Waals surface area contributed by atoms with Crippen molar-refractivity contribution >= 4 is 23.2 Å². The highest BCUT2D eigenvalue weighted by atomic mass is 32.1. The van der Waals surface area contributed by atoms with Crippen LogP contribution in [-0.4, -0.2) is 45.2 Å². The van der Waals surface area contributed by atoms with Gasteiger partial charge in [-0.2, -0.15) is 11.3 Å². The van der Waals surface area contributed by atoms with Gasteiger partial charge in [0.05, 0.1) is 29.9 Å². The lowest BCUT2D eigenvalue weighted by Crippen LogP contribution is -2.52. The third kappa shape index (κ3) is 3.06. The molecule has 25 heavy (non-hydrogen) atoms. The highest BCUT2D eigenvalue weighted by molar-refractivity contribution is 7.08. The number of rotatable bonds is 3. The van der Waals surface area contributed by atoms with Gasteiger partial charge in [-0.3, -0.25) is 14.6 Å². The Bertz CT molecular complexity index is 790. The van der Waals surface area contributed by atoms with Crippen molar-refractivity contribution in [3.05, 3.63) is 52.0 Å². The summed E-state index contributed by atoms with van der Waals surface area (Å²) >= 11 is 1.54. The van der Waals surface area contributed by atoms with Gasteiger partial charge in [0, 0.05) is 24.0 Å². The molecule has 2 saturated heterocycles. The van der Waals surface area contributed by atoms with Crippen LogP contribution >= 0.6 is 11.3 Å². The minimum Gasteiger partial charge on any atom is -0.333 e. The minimum atomic E-state index is 0.0942. The van der Waals surface area contributed by atoms with E-state index >= 15 is 0 Å². The summed E-state index contributed by atoms with van der Waals surface area (Å²) in [5.41, 5.74) is 2.63. The van der Waals surface area contributed by atoms with Crippen LogP contribution in [0.3, 0.4) is 0 Å². The first-order valence-corrected chi connectivity index (χ1v) is 9.63. The maximum atomic E-state index is 12.8. The average molecular weight is 355 g/mol. The first kappa shape index (κ1) is 16.3. The van der Waals surface area contributed by atoms with Crippen molar-refractivity contribution in [2.24, 2.45) is 0 Å². The first-order chi connectivity index (χ1) is 12.1. The lowest BCUT2D eigenvalue weighted by Gasteiger charge is -2.39. The van der Waals surface area contributed by atoms with Gasteiger partial charge in [0.1, 0.15) is 0 Å².